The fourth-order valence-corrected chi connectivity index (χ4v) is 5.21. The van der Waals surface area contributed by atoms with E-state index in [4.69, 9.17) is 16.3 Å². The third-order valence-corrected chi connectivity index (χ3v) is 7.40. The number of nitrogens with one attached hydrogen (secondary N) is 1. The van der Waals surface area contributed by atoms with E-state index in [0.717, 1.165) is 24.8 Å². The third-order valence-electron chi connectivity index (χ3n) is 5.07. The summed E-state index contributed by atoms with van der Waals surface area (Å²) in [6.07, 6.45) is 5.67. The van der Waals surface area contributed by atoms with Gasteiger partial charge in [-0.25, -0.2) is 8.42 Å². The molecule has 6 nitrogen and oxygen atoms in total. The van der Waals surface area contributed by atoms with Crippen molar-refractivity contribution in [1.82, 2.24) is 4.31 Å². The number of halogens is 1. The van der Waals surface area contributed by atoms with Crippen molar-refractivity contribution in [3.63, 3.8) is 0 Å². The van der Waals surface area contributed by atoms with Crippen molar-refractivity contribution in [2.75, 3.05) is 25.5 Å². The molecule has 1 fully saturated rings. The lowest BCUT2D eigenvalue weighted by Gasteiger charge is -2.26. The predicted molar refractivity (Wildman–Crippen MR) is 119 cm³/mol. The Balaban J connectivity index is 1.82. The first-order valence-electron chi connectivity index (χ1n) is 9.75. The summed E-state index contributed by atoms with van der Waals surface area (Å²) >= 11 is 6.08. The van der Waals surface area contributed by atoms with E-state index in [1.807, 2.05) is 6.92 Å². The van der Waals surface area contributed by atoms with E-state index in [-0.39, 0.29) is 16.6 Å². The molecule has 1 amide bonds. The highest BCUT2D eigenvalue weighted by Crippen LogP contribution is 2.30. The van der Waals surface area contributed by atoms with E-state index in [1.54, 1.807) is 36.4 Å². The van der Waals surface area contributed by atoms with E-state index < -0.39 is 10.0 Å². The number of ether oxygens (including phenoxy) is 1. The molecule has 1 saturated heterocycles. The average molecular weight is 449 g/mol. The molecular weight excluding hydrogens is 424 g/mol. The lowest BCUT2D eigenvalue weighted by Crippen LogP contribution is -2.35. The lowest BCUT2D eigenvalue weighted by atomic mass is 10.2. The second-order valence-corrected chi connectivity index (χ2v) is 9.42. The number of hydrogen-bond acceptors (Lipinski definition) is 4. The normalized spacial score (nSPS) is 15.3. The highest BCUT2D eigenvalue weighted by molar-refractivity contribution is 7.89. The number of sulfonamides is 1. The molecule has 3 rings (SSSR count). The van der Waals surface area contributed by atoms with Crippen molar-refractivity contribution < 1.29 is 17.9 Å². The molecule has 160 valence electrons. The number of methoxy groups -OCH3 is 1. The van der Waals surface area contributed by atoms with Crippen LogP contribution in [0.3, 0.4) is 0 Å². The zero-order valence-corrected chi connectivity index (χ0v) is 18.6. The van der Waals surface area contributed by atoms with Crippen LogP contribution in [-0.4, -0.2) is 38.8 Å². The Hall–Kier alpha value is -2.35. The van der Waals surface area contributed by atoms with Crippen LogP contribution in [0.1, 0.15) is 30.4 Å². The average Bonchev–Trinajstić information content (AvgIpc) is 2.76. The molecule has 2 aromatic rings. The Morgan fingerprint density at radius 3 is 2.60 bits per heavy atom. The van der Waals surface area contributed by atoms with Crippen LogP contribution in [-0.2, 0) is 14.8 Å². The molecule has 0 unspecified atom stereocenters. The minimum atomic E-state index is -3.67. The van der Waals surface area contributed by atoms with Gasteiger partial charge in [0.15, 0.2) is 0 Å². The second kappa shape index (κ2) is 9.64. The van der Waals surface area contributed by atoms with Gasteiger partial charge in [0.25, 0.3) is 0 Å². The van der Waals surface area contributed by atoms with E-state index in [1.165, 1.54) is 23.6 Å². The number of carbonyl (C=O) groups is 1. The summed E-state index contributed by atoms with van der Waals surface area (Å²) in [6.45, 7) is 2.84. The topological polar surface area (TPSA) is 75.7 Å². The fourth-order valence-electron chi connectivity index (χ4n) is 3.33. The molecular formula is C22H25ClN2O4S. The van der Waals surface area contributed by atoms with Gasteiger partial charge < -0.3 is 10.1 Å². The maximum absolute atomic E-state index is 13.1. The van der Waals surface area contributed by atoms with Gasteiger partial charge in [0.1, 0.15) is 10.6 Å². The minimum absolute atomic E-state index is 0.111. The summed E-state index contributed by atoms with van der Waals surface area (Å²) in [5.41, 5.74) is 1.99. The van der Waals surface area contributed by atoms with Crippen LogP contribution in [0.15, 0.2) is 47.4 Å². The van der Waals surface area contributed by atoms with Crippen LogP contribution in [0.2, 0.25) is 5.02 Å². The molecule has 0 radical (unpaired) electrons. The van der Waals surface area contributed by atoms with E-state index in [9.17, 15) is 13.2 Å². The Bertz CT molecular complexity index is 1060. The summed E-state index contributed by atoms with van der Waals surface area (Å²) in [5, 5.41) is 3.35. The highest BCUT2D eigenvalue weighted by Gasteiger charge is 2.29. The molecule has 0 aromatic heterocycles. The van der Waals surface area contributed by atoms with Gasteiger partial charge in [-0.05, 0) is 61.2 Å². The van der Waals surface area contributed by atoms with Crippen LogP contribution in [0.25, 0.3) is 6.08 Å². The Labute approximate surface area is 182 Å². The number of anilines is 1. The number of carbonyl (C=O) groups excluding carboxylic acids is 1. The van der Waals surface area contributed by atoms with Gasteiger partial charge in [0.05, 0.1) is 7.11 Å². The molecule has 1 aliphatic heterocycles. The van der Waals surface area contributed by atoms with Crippen molar-refractivity contribution in [3.05, 3.63) is 58.6 Å². The van der Waals surface area contributed by atoms with E-state index in [0.29, 0.717) is 29.4 Å². The summed E-state index contributed by atoms with van der Waals surface area (Å²) in [6, 6.07) is 10.1. The summed E-state index contributed by atoms with van der Waals surface area (Å²) in [7, 11) is -2.22. The lowest BCUT2D eigenvalue weighted by molar-refractivity contribution is -0.111. The standard InChI is InChI=1S/C22H25ClN2O4S/c1-16-18(23)7-6-8-19(16)24-22(26)12-10-17-9-11-20(29-2)21(15-17)30(27,28)25-13-4-3-5-14-25/h6-12,15H,3-5,13-14H2,1-2H3,(H,24,26). The van der Waals surface area contributed by atoms with Gasteiger partial charge in [-0.2, -0.15) is 4.31 Å². The highest BCUT2D eigenvalue weighted by atomic mass is 35.5. The first-order chi connectivity index (χ1) is 14.3. The molecule has 0 bridgehead atoms. The van der Waals surface area contributed by atoms with Gasteiger partial charge >= 0.3 is 0 Å². The Morgan fingerprint density at radius 1 is 1.17 bits per heavy atom. The van der Waals surface area contributed by atoms with Crippen molar-refractivity contribution >= 4 is 39.3 Å². The Morgan fingerprint density at radius 2 is 1.90 bits per heavy atom. The van der Waals surface area contributed by atoms with Crippen molar-refractivity contribution in [2.24, 2.45) is 0 Å². The van der Waals surface area contributed by atoms with Crippen LogP contribution in [0.4, 0.5) is 5.69 Å². The largest absolute Gasteiger partial charge is 0.495 e. The molecule has 2 aromatic carbocycles. The van der Waals surface area contributed by atoms with Gasteiger partial charge in [-0.3, -0.25) is 4.79 Å². The smallest absolute Gasteiger partial charge is 0.248 e. The van der Waals surface area contributed by atoms with E-state index in [2.05, 4.69) is 5.32 Å². The minimum Gasteiger partial charge on any atom is -0.495 e. The summed E-state index contributed by atoms with van der Waals surface area (Å²) in [5.74, 6) is -0.0478. The number of rotatable bonds is 6. The van der Waals surface area contributed by atoms with Crippen LogP contribution in [0, 0.1) is 6.92 Å². The first-order valence-corrected chi connectivity index (χ1v) is 11.6. The number of nitrogens with zero attached hydrogens (tertiary/aromatic N) is 1. The molecule has 1 aliphatic rings. The number of amides is 1. The molecule has 30 heavy (non-hydrogen) atoms. The van der Waals surface area contributed by atoms with Gasteiger partial charge in [-0.15, -0.1) is 0 Å². The van der Waals surface area contributed by atoms with Gasteiger partial charge in [-0.1, -0.05) is 30.2 Å². The third kappa shape index (κ3) is 5.03. The predicted octanol–water partition coefficient (Wildman–Crippen LogP) is 4.48. The molecule has 0 aliphatic carbocycles. The molecule has 1 heterocycles. The maximum atomic E-state index is 13.1. The molecule has 0 spiro atoms. The van der Waals surface area contributed by atoms with Crippen LogP contribution < -0.4 is 10.1 Å². The Kier molecular flexibility index (Phi) is 7.18. The maximum Gasteiger partial charge on any atom is 0.248 e. The SMILES string of the molecule is COc1ccc(C=CC(=O)Nc2cccc(Cl)c2C)cc1S(=O)(=O)N1CCCCC1. The number of benzene rings is 2. The zero-order chi connectivity index (χ0) is 21.7. The van der Waals surface area contributed by atoms with Crippen molar-refractivity contribution in [3.8, 4) is 5.75 Å². The fraction of sp³-hybridized carbons (Fsp3) is 0.318. The quantitative estimate of drug-likeness (QED) is 0.661. The summed E-state index contributed by atoms with van der Waals surface area (Å²) in [4.78, 5) is 12.4. The number of hydrogen-bond donors (Lipinski definition) is 1. The molecule has 8 heteroatoms. The number of piperidine rings is 1. The van der Waals surface area contributed by atoms with Gasteiger partial charge in [0.2, 0.25) is 15.9 Å². The van der Waals surface area contributed by atoms with Gasteiger partial charge in [0, 0.05) is 29.9 Å². The zero-order valence-electron chi connectivity index (χ0n) is 17.0. The molecule has 0 saturated carbocycles. The van der Waals surface area contributed by atoms with Crippen LogP contribution in [0.5, 0.6) is 5.75 Å². The monoisotopic (exact) mass is 448 g/mol. The first kappa shape index (κ1) is 22.3. The van der Waals surface area contributed by atoms with E-state index >= 15 is 0 Å². The summed E-state index contributed by atoms with van der Waals surface area (Å²) < 4.78 is 33.0. The van der Waals surface area contributed by atoms with Crippen LogP contribution >= 0.6 is 11.6 Å². The van der Waals surface area contributed by atoms with Crippen molar-refractivity contribution in [1.29, 1.82) is 0 Å². The molecule has 0 atom stereocenters. The second-order valence-electron chi connectivity index (χ2n) is 7.11. The van der Waals surface area contributed by atoms with Crippen molar-refractivity contribution in [2.45, 2.75) is 31.1 Å². The molecule has 1 N–H and O–H groups in total.